The predicted molar refractivity (Wildman–Crippen MR) is 136 cm³/mol. The molecule has 3 aromatic rings. The summed E-state index contributed by atoms with van der Waals surface area (Å²) in [5, 5.41) is 2.87. The molecule has 1 saturated heterocycles. The normalized spacial score (nSPS) is 16.0. The SMILES string of the molecule is O=C1NC(=S)N(c2cccc(Cl)c2Cl)C(=O)/C1=C/c1ccc(OCc2ccc3c(c2)OCO3)cc1. The van der Waals surface area contributed by atoms with Gasteiger partial charge in [-0.2, -0.15) is 0 Å². The molecule has 0 aliphatic carbocycles. The second-order valence-corrected chi connectivity index (χ2v) is 8.75. The minimum atomic E-state index is -0.606. The Bertz CT molecular complexity index is 1390. The van der Waals surface area contributed by atoms with Gasteiger partial charge in [0.05, 0.1) is 15.7 Å². The van der Waals surface area contributed by atoms with Crippen LogP contribution in [0.4, 0.5) is 5.69 Å². The Labute approximate surface area is 215 Å². The van der Waals surface area contributed by atoms with Gasteiger partial charge in [-0.1, -0.05) is 47.5 Å². The van der Waals surface area contributed by atoms with Gasteiger partial charge in [0.25, 0.3) is 11.8 Å². The molecule has 2 amide bonds. The Morgan fingerprint density at radius 1 is 1.03 bits per heavy atom. The van der Waals surface area contributed by atoms with Crippen LogP contribution in [0, 0.1) is 0 Å². The van der Waals surface area contributed by atoms with Crippen molar-refractivity contribution in [3.63, 3.8) is 0 Å². The molecule has 1 N–H and O–H groups in total. The van der Waals surface area contributed by atoms with Crippen LogP contribution in [0.3, 0.4) is 0 Å². The van der Waals surface area contributed by atoms with E-state index in [1.165, 1.54) is 6.08 Å². The fourth-order valence-corrected chi connectivity index (χ4v) is 4.22. The molecule has 0 radical (unpaired) electrons. The third kappa shape index (κ3) is 4.68. The molecule has 7 nitrogen and oxygen atoms in total. The first-order valence-corrected chi connectivity index (χ1v) is 11.5. The van der Waals surface area contributed by atoms with Crippen molar-refractivity contribution in [2.45, 2.75) is 6.61 Å². The molecule has 0 atom stereocenters. The van der Waals surface area contributed by atoms with Gasteiger partial charge in [-0.25, -0.2) is 0 Å². The van der Waals surface area contributed by atoms with Crippen molar-refractivity contribution < 1.29 is 23.8 Å². The lowest BCUT2D eigenvalue weighted by atomic mass is 10.1. The largest absolute Gasteiger partial charge is 0.489 e. The highest BCUT2D eigenvalue weighted by atomic mass is 35.5. The summed E-state index contributed by atoms with van der Waals surface area (Å²) in [6, 6.07) is 17.4. The number of hydrogen-bond donors (Lipinski definition) is 1. The summed E-state index contributed by atoms with van der Waals surface area (Å²) in [7, 11) is 0. The number of anilines is 1. The minimum Gasteiger partial charge on any atom is -0.489 e. The molecule has 0 aromatic heterocycles. The van der Waals surface area contributed by atoms with Crippen LogP contribution in [0.1, 0.15) is 11.1 Å². The van der Waals surface area contributed by atoms with Gasteiger partial charge >= 0.3 is 0 Å². The number of nitrogens with one attached hydrogen (secondary N) is 1. The Morgan fingerprint density at radius 2 is 1.80 bits per heavy atom. The van der Waals surface area contributed by atoms with Crippen molar-refractivity contribution in [2.24, 2.45) is 0 Å². The van der Waals surface area contributed by atoms with E-state index >= 15 is 0 Å². The van der Waals surface area contributed by atoms with Gasteiger partial charge in [-0.3, -0.25) is 19.8 Å². The first-order valence-electron chi connectivity index (χ1n) is 10.4. The first-order chi connectivity index (χ1) is 16.9. The zero-order valence-electron chi connectivity index (χ0n) is 17.9. The van der Waals surface area contributed by atoms with E-state index in [0.717, 1.165) is 10.5 Å². The summed E-state index contributed by atoms with van der Waals surface area (Å²) in [5.74, 6) is 0.821. The van der Waals surface area contributed by atoms with E-state index < -0.39 is 11.8 Å². The molecule has 3 aromatic carbocycles. The Morgan fingerprint density at radius 3 is 2.60 bits per heavy atom. The molecular formula is C25H16Cl2N2O5S. The molecule has 2 heterocycles. The average molecular weight is 527 g/mol. The summed E-state index contributed by atoms with van der Waals surface area (Å²) in [6.45, 7) is 0.553. The lowest BCUT2D eigenvalue weighted by molar-refractivity contribution is -0.122. The van der Waals surface area contributed by atoms with E-state index in [9.17, 15) is 9.59 Å². The maximum Gasteiger partial charge on any atom is 0.270 e. The third-order valence-corrected chi connectivity index (χ3v) is 6.40. The van der Waals surface area contributed by atoms with E-state index in [0.29, 0.717) is 29.4 Å². The summed E-state index contributed by atoms with van der Waals surface area (Å²) in [4.78, 5) is 26.9. The van der Waals surface area contributed by atoms with Gasteiger partial charge in [0, 0.05) is 0 Å². The molecule has 176 valence electrons. The van der Waals surface area contributed by atoms with Gasteiger partial charge in [0.1, 0.15) is 17.9 Å². The van der Waals surface area contributed by atoms with Crippen molar-refractivity contribution in [2.75, 3.05) is 11.7 Å². The quantitative estimate of drug-likeness (QED) is 0.282. The highest BCUT2D eigenvalue weighted by molar-refractivity contribution is 7.80. The van der Waals surface area contributed by atoms with Gasteiger partial charge < -0.3 is 14.2 Å². The van der Waals surface area contributed by atoms with E-state index in [1.807, 2.05) is 18.2 Å². The lowest BCUT2D eigenvalue weighted by Gasteiger charge is -2.29. The molecule has 0 bridgehead atoms. The molecule has 10 heteroatoms. The molecule has 35 heavy (non-hydrogen) atoms. The van der Waals surface area contributed by atoms with Gasteiger partial charge in [0.2, 0.25) is 6.79 Å². The first kappa shape index (κ1) is 23.2. The van der Waals surface area contributed by atoms with Crippen molar-refractivity contribution in [3.8, 4) is 17.2 Å². The number of halogens is 2. The van der Waals surface area contributed by atoms with Crippen LogP contribution in [-0.2, 0) is 16.2 Å². The van der Waals surface area contributed by atoms with Crippen LogP contribution in [0.2, 0.25) is 10.0 Å². The number of ether oxygens (including phenoxy) is 3. The van der Waals surface area contributed by atoms with Crippen LogP contribution < -0.4 is 24.4 Å². The van der Waals surface area contributed by atoms with Gasteiger partial charge in [-0.15, -0.1) is 0 Å². The van der Waals surface area contributed by atoms with Gasteiger partial charge in [-0.05, 0) is 65.8 Å². The van der Waals surface area contributed by atoms with E-state index in [2.05, 4.69) is 5.32 Å². The number of thiocarbonyl (C=S) groups is 1. The Balaban J connectivity index is 1.32. The molecule has 1 fully saturated rings. The number of fused-ring (bicyclic) bond motifs is 1. The van der Waals surface area contributed by atoms with Crippen molar-refractivity contribution in [3.05, 3.63) is 87.4 Å². The van der Waals surface area contributed by atoms with Crippen LogP contribution in [0.15, 0.2) is 66.2 Å². The highest BCUT2D eigenvalue weighted by Crippen LogP contribution is 2.35. The molecule has 0 unspecified atom stereocenters. The Hall–Kier alpha value is -3.59. The molecule has 5 rings (SSSR count). The minimum absolute atomic E-state index is 0.0754. The number of rotatable bonds is 5. The standard InChI is InChI=1S/C25H16Cl2N2O5S/c26-18-2-1-3-19(22(18)27)29-24(31)17(23(30)28-25(29)35)10-14-4-7-16(8-5-14)32-12-15-6-9-20-21(11-15)34-13-33-20/h1-11H,12-13H2,(H,28,30,35)/b17-10+. The highest BCUT2D eigenvalue weighted by Gasteiger charge is 2.35. The number of hydrogen-bond acceptors (Lipinski definition) is 6. The lowest BCUT2D eigenvalue weighted by Crippen LogP contribution is -2.54. The third-order valence-electron chi connectivity index (χ3n) is 5.31. The van der Waals surface area contributed by atoms with E-state index in [-0.39, 0.29) is 33.2 Å². The fraction of sp³-hybridized carbons (Fsp3) is 0.0800. The zero-order chi connectivity index (χ0) is 24.5. The number of amides is 2. The molecule has 2 aliphatic rings. The van der Waals surface area contributed by atoms with E-state index in [4.69, 9.17) is 49.6 Å². The average Bonchev–Trinajstić information content (AvgIpc) is 3.32. The summed E-state index contributed by atoms with van der Waals surface area (Å²) in [6.07, 6.45) is 1.48. The number of carbonyl (C=O) groups excluding carboxylic acids is 2. The molecular weight excluding hydrogens is 511 g/mol. The van der Waals surface area contributed by atoms with Crippen LogP contribution in [-0.4, -0.2) is 23.7 Å². The number of benzene rings is 3. The van der Waals surface area contributed by atoms with Crippen LogP contribution >= 0.6 is 35.4 Å². The zero-order valence-corrected chi connectivity index (χ0v) is 20.2. The number of carbonyl (C=O) groups is 2. The molecule has 0 spiro atoms. The van der Waals surface area contributed by atoms with Crippen molar-refractivity contribution in [1.82, 2.24) is 5.32 Å². The second-order valence-electron chi connectivity index (χ2n) is 7.58. The topological polar surface area (TPSA) is 77.1 Å². The maximum absolute atomic E-state index is 13.2. The fourth-order valence-electron chi connectivity index (χ4n) is 3.57. The predicted octanol–water partition coefficient (Wildman–Crippen LogP) is 5.13. The van der Waals surface area contributed by atoms with Crippen molar-refractivity contribution >= 4 is 64.1 Å². The van der Waals surface area contributed by atoms with Gasteiger partial charge in [0.15, 0.2) is 16.6 Å². The maximum atomic E-state index is 13.2. The summed E-state index contributed by atoms with van der Waals surface area (Å²) in [5.41, 5.74) is 1.75. The summed E-state index contributed by atoms with van der Waals surface area (Å²) >= 11 is 17.6. The second kappa shape index (κ2) is 9.58. The summed E-state index contributed by atoms with van der Waals surface area (Å²) < 4.78 is 16.5. The Kier molecular flexibility index (Phi) is 6.34. The van der Waals surface area contributed by atoms with E-state index in [1.54, 1.807) is 42.5 Å². The monoisotopic (exact) mass is 526 g/mol. The van der Waals surface area contributed by atoms with Crippen LogP contribution in [0.5, 0.6) is 17.2 Å². The molecule has 2 aliphatic heterocycles. The molecule has 0 saturated carbocycles. The van der Waals surface area contributed by atoms with Crippen molar-refractivity contribution in [1.29, 1.82) is 0 Å². The number of nitrogens with zero attached hydrogens (tertiary/aromatic N) is 1. The van der Waals surface area contributed by atoms with Crippen LogP contribution in [0.25, 0.3) is 6.08 Å². The smallest absolute Gasteiger partial charge is 0.270 e.